The van der Waals surface area contributed by atoms with Crippen LogP contribution in [0.1, 0.15) is 23.6 Å². The van der Waals surface area contributed by atoms with E-state index in [1.165, 1.54) is 0 Å². The average Bonchev–Trinajstić information content (AvgIpc) is 2.83. The van der Waals surface area contributed by atoms with Gasteiger partial charge in [0, 0.05) is 5.56 Å². The topological polar surface area (TPSA) is 44.5 Å². The van der Waals surface area contributed by atoms with Crippen molar-refractivity contribution in [3.63, 3.8) is 0 Å². The molecule has 2 rings (SSSR count). The lowest BCUT2D eigenvalue weighted by Crippen LogP contribution is -1.96. The Morgan fingerprint density at radius 2 is 1.95 bits per heavy atom. The van der Waals surface area contributed by atoms with E-state index >= 15 is 0 Å². The summed E-state index contributed by atoms with van der Waals surface area (Å²) in [5.41, 5.74) is 4.25. The molecule has 0 fully saturated rings. The third-order valence-electron chi connectivity index (χ3n) is 3.23. The van der Waals surface area contributed by atoms with Crippen LogP contribution in [0.3, 0.4) is 0 Å². The Balaban J connectivity index is 2.50. The summed E-state index contributed by atoms with van der Waals surface area (Å²) in [5.74, 6) is 1.94. The normalized spacial score (nSPS) is 10.6. The van der Waals surface area contributed by atoms with E-state index in [1.54, 1.807) is 13.3 Å². The van der Waals surface area contributed by atoms with Gasteiger partial charge in [-0.25, -0.2) is 4.98 Å². The Bertz CT molecular complexity index is 587. The predicted molar refractivity (Wildman–Crippen MR) is 73.9 cm³/mol. The smallest absolute Gasteiger partial charge is 0.305 e. The largest absolute Gasteiger partial charge is 0.496 e. The molecule has 0 aliphatic rings. The molecule has 4 heteroatoms. The van der Waals surface area contributed by atoms with Gasteiger partial charge in [-0.1, -0.05) is 0 Å². The number of aryl methyl sites for hydroxylation is 1. The summed E-state index contributed by atoms with van der Waals surface area (Å²) < 4.78 is 16.3. The van der Waals surface area contributed by atoms with Crippen LogP contribution in [0.15, 0.2) is 16.7 Å². The summed E-state index contributed by atoms with van der Waals surface area (Å²) in [6.07, 6.45) is 1.60. The van der Waals surface area contributed by atoms with Crippen molar-refractivity contribution >= 4 is 0 Å². The maximum atomic E-state index is 5.60. The summed E-state index contributed by atoms with van der Waals surface area (Å²) in [5, 5.41) is 0. The van der Waals surface area contributed by atoms with Gasteiger partial charge in [0.2, 0.25) is 5.89 Å². The molecule has 0 bridgehead atoms. The molecule has 0 amide bonds. The van der Waals surface area contributed by atoms with Crippen molar-refractivity contribution < 1.29 is 13.9 Å². The van der Waals surface area contributed by atoms with Crippen molar-refractivity contribution in [3.05, 3.63) is 29.0 Å². The van der Waals surface area contributed by atoms with E-state index in [9.17, 15) is 0 Å². The summed E-state index contributed by atoms with van der Waals surface area (Å²) in [7, 11) is 1.69. The number of methoxy groups -OCH3 is 1. The van der Waals surface area contributed by atoms with E-state index < -0.39 is 0 Å². The van der Waals surface area contributed by atoms with Gasteiger partial charge < -0.3 is 13.9 Å². The van der Waals surface area contributed by atoms with Crippen LogP contribution < -0.4 is 9.47 Å². The molecule has 19 heavy (non-hydrogen) atoms. The molecular weight excluding hydrogens is 242 g/mol. The molecule has 0 atom stereocenters. The molecule has 1 aromatic carbocycles. The molecule has 1 heterocycles. The van der Waals surface area contributed by atoms with Gasteiger partial charge in [-0.2, -0.15) is 0 Å². The van der Waals surface area contributed by atoms with Gasteiger partial charge in [0.25, 0.3) is 0 Å². The number of ether oxygens (including phenoxy) is 2. The second kappa shape index (κ2) is 5.34. The summed E-state index contributed by atoms with van der Waals surface area (Å²) >= 11 is 0. The highest BCUT2D eigenvalue weighted by molar-refractivity contribution is 5.65. The van der Waals surface area contributed by atoms with E-state index in [-0.39, 0.29) is 0 Å². The van der Waals surface area contributed by atoms with Crippen LogP contribution >= 0.6 is 0 Å². The van der Waals surface area contributed by atoms with E-state index in [0.29, 0.717) is 18.4 Å². The van der Waals surface area contributed by atoms with Crippen LogP contribution in [0.25, 0.3) is 11.5 Å². The number of oxazole rings is 1. The van der Waals surface area contributed by atoms with Crippen LogP contribution in [-0.2, 0) is 0 Å². The first-order chi connectivity index (χ1) is 9.08. The number of nitrogens with zero attached hydrogens (tertiary/aromatic N) is 1. The van der Waals surface area contributed by atoms with Crippen molar-refractivity contribution in [2.75, 3.05) is 13.7 Å². The zero-order valence-electron chi connectivity index (χ0n) is 12.0. The lowest BCUT2D eigenvalue weighted by Gasteiger charge is -2.13. The Labute approximate surface area is 113 Å². The molecule has 1 aromatic heterocycles. The van der Waals surface area contributed by atoms with Crippen molar-refractivity contribution in [2.45, 2.75) is 27.7 Å². The van der Waals surface area contributed by atoms with E-state index in [0.717, 1.165) is 28.0 Å². The Hall–Kier alpha value is -1.97. The molecule has 0 aliphatic heterocycles. The van der Waals surface area contributed by atoms with E-state index in [4.69, 9.17) is 13.9 Å². The second-order valence-corrected chi connectivity index (χ2v) is 4.44. The zero-order chi connectivity index (χ0) is 14.0. The lowest BCUT2D eigenvalue weighted by molar-refractivity contribution is 0.260. The van der Waals surface area contributed by atoms with Crippen molar-refractivity contribution in [2.24, 2.45) is 0 Å². The standard InChI is InChI=1S/C15H19NO3/c1-6-18-13-8-16-15(19-13)12-7-9(2)14(17-5)11(4)10(12)3/h7-8H,6H2,1-5H3. The molecule has 0 spiro atoms. The van der Waals surface area contributed by atoms with Gasteiger partial charge in [-0.3, -0.25) is 0 Å². The summed E-state index contributed by atoms with van der Waals surface area (Å²) in [4.78, 5) is 4.27. The highest BCUT2D eigenvalue weighted by atomic mass is 16.6. The third-order valence-corrected chi connectivity index (χ3v) is 3.23. The van der Waals surface area contributed by atoms with Gasteiger partial charge in [-0.05, 0) is 50.5 Å². The summed E-state index contributed by atoms with van der Waals surface area (Å²) in [6.45, 7) is 8.57. The molecule has 0 aliphatic carbocycles. The highest BCUT2D eigenvalue weighted by Gasteiger charge is 2.16. The SMILES string of the molecule is CCOc1cnc(-c2cc(C)c(OC)c(C)c2C)o1. The van der Waals surface area contributed by atoms with Gasteiger partial charge in [0.05, 0.1) is 13.7 Å². The maximum absolute atomic E-state index is 5.60. The fourth-order valence-corrected chi connectivity index (χ4v) is 2.19. The molecule has 4 nitrogen and oxygen atoms in total. The first kappa shape index (κ1) is 13.5. The fraction of sp³-hybridized carbons (Fsp3) is 0.400. The molecule has 2 aromatic rings. The number of aromatic nitrogens is 1. The monoisotopic (exact) mass is 261 g/mol. The first-order valence-electron chi connectivity index (χ1n) is 6.32. The predicted octanol–water partition coefficient (Wildman–Crippen LogP) is 3.67. The van der Waals surface area contributed by atoms with Crippen LogP contribution in [0.4, 0.5) is 0 Å². The first-order valence-corrected chi connectivity index (χ1v) is 6.32. The summed E-state index contributed by atoms with van der Waals surface area (Å²) in [6, 6.07) is 2.03. The van der Waals surface area contributed by atoms with Crippen molar-refractivity contribution in [3.8, 4) is 23.1 Å². The zero-order valence-corrected chi connectivity index (χ0v) is 12.0. The van der Waals surface area contributed by atoms with Crippen molar-refractivity contribution in [1.29, 1.82) is 0 Å². The molecule has 0 N–H and O–H groups in total. The maximum Gasteiger partial charge on any atom is 0.305 e. The Kier molecular flexibility index (Phi) is 3.79. The highest BCUT2D eigenvalue weighted by Crippen LogP contribution is 2.34. The molecule has 0 unspecified atom stereocenters. The quantitative estimate of drug-likeness (QED) is 0.842. The number of rotatable bonds is 4. The van der Waals surface area contributed by atoms with E-state index in [2.05, 4.69) is 4.98 Å². The molecular formula is C15H19NO3. The third kappa shape index (κ3) is 2.43. The Morgan fingerprint density at radius 1 is 1.21 bits per heavy atom. The molecule has 102 valence electrons. The van der Waals surface area contributed by atoms with Gasteiger partial charge in [0.15, 0.2) is 0 Å². The van der Waals surface area contributed by atoms with E-state index in [1.807, 2.05) is 33.8 Å². The Morgan fingerprint density at radius 3 is 2.58 bits per heavy atom. The van der Waals surface area contributed by atoms with Gasteiger partial charge >= 0.3 is 5.95 Å². The van der Waals surface area contributed by atoms with Crippen LogP contribution in [0, 0.1) is 20.8 Å². The average molecular weight is 261 g/mol. The minimum atomic E-state index is 0.447. The van der Waals surface area contributed by atoms with Gasteiger partial charge in [0.1, 0.15) is 11.9 Å². The number of hydrogen-bond acceptors (Lipinski definition) is 4. The number of hydrogen-bond donors (Lipinski definition) is 0. The molecule has 0 saturated heterocycles. The molecule has 0 radical (unpaired) electrons. The van der Waals surface area contributed by atoms with Crippen LogP contribution in [0.5, 0.6) is 11.7 Å². The van der Waals surface area contributed by atoms with Crippen molar-refractivity contribution in [1.82, 2.24) is 4.98 Å². The number of benzene rings is 1. The van der Waals surface area contributed by atoms with Crippen LogP contribution in [0.2, 0.25) is 0 Å². The lowest BCUT2D eigenvalue weighted by atomic mass is 9.98. The second-order valence-electron chi connectivity index (χ2n) is 4.44. The minimum absolute atomic E-state index is 0.447. The van der Waals surface area contributed by atoms with Crippen LogP contribution in [-0.4, -0.2) is 18.7 Å². The van der Waals surface area contributed by atoms with Gasteiger partial charge in [-0.15, -0.1) is 0 Å². The minimum Gasteiger partial charge on any atom is -0.496 e. The molecule has 0 saturated carbocycles. The fourth-order valence-electron chi connectivity index (χ4n) is 2.19.